The highest BCUT2D eigenvalue weighted by molar-refractivity contribution is 7.08. The van der Waals surface area contributed by atoms with Gasteiger partial charge in [-0.05, 0) is 35.9 Å². The van der Waals surface area contributed by atoms with E-state index in [2.05, 4.69) is 27.1 Å². The zero-order valence-corrected chi connectivity index (χ0v) is 12.7. The molecule has 0 aromatic carbocycles. The summed E-state index contributed by atoms with van der Waals surface area (Å²) in [5.74, 6) is 0. The Labute approximate surface area is 128 Å². The molecule has 1 saturated carbocycles. The number of carbonyl (C=O) groups excluding carboxylic acids is 1. The smallest absolute Gasteiger partial charge is 0.315 e. The summed E-state index contributed by atoms with van der Waals surface area (Å²) < 4.78 is 0. The average Bonchev–Trinajstić information content (AvgIpc) is 3.18. The molecule has 1 aliphatic rings. The third-order valence-corrected chi connectivity index (χ3v) is 4.50. The van der Waals surface area contributed by atoms with E-state index in [0.29, 0.717) is 12.6 Å². The molecule has 2 heterocycles. The Morgan fingerprint density at radius 3 is 2.95 bits per heavy atom. The minimum absolute atomic E-state index is 0.0815. The van der Waals surface area contributed by atoms with Crippen molar-refractivity contribution in [2.45, 2.75) is 38.3 Å². The summed E-state index contributed by atoms with van der Waals surface area (Å²) >= 11 is 1.65. The number of rotatable bonds is 4. The first-order valence-corrected chi connectivity index (χ1v) is 8.28. The van der Waals surface area contributed by atoms with E-state index in [9.17, 15) is 4.79 Å². The number of pyridine rings is 1. The van der Waals surface area contributed by atoms with Crippen LogP contribution in [0, 0.1) is 0 Å². The van der Waals surface area contributed by atoms with E-state index in [1.807, 2.05) is 17.5 Å². The molecule has 5 heteroatoms. The van der Waals surface area contributed by atoms with Crippen molar-refractivity contribution < 1.29 is 4.79 Å². The molecule has 0 atom stereocenters. The van der Waals surface area contributed by atoms with E-state index < -0.39 is 0 Å². The lowest BCUT2D eigenvalue weighted by molar-refractivity contribution is 0.236. The number of carbonyl (C=O) groups is 1. The summed E-state index contributed by atoms with van der Waals surface area (Å²) in [4.78, 5) is 16.4. The van der Waals surface area contributed by atoms with E-state index in [-0.39, 0.29) is 6.03 Å². The van der Waals surface area contributed by atoms with Crippen LogP contribution in [0.5, 0.6) is 0 Å². The normalized spacial score (nSPS) is 15.0. The van der Waals surface area contributed by atoms with Crippen molar-refractivity contribution in [1.82, 2.24) is 15.6 Å². The number of hydrogen-bond acceptors (Lipinski definition) is 3. The van der Waals surface area contributed by atoms with Gasteiger partial charge in [0.1, 0.15) is 0 Å². The number of aromatic nitrogens is 1. The molecule has 0 aliphatic heterocycles. The van der Waals surface area contributed by atoms with Crippen molar-refractivity contribution >= 4 is 17.4 Å². The summed E-state index contributed by atoms with van der Waals surface area (Å²) in [5, 5.41) is 10.1. The predicted octanol–water partition coefficient (Wildman–Crippen LogP) is 3.55. The Hall–Kier alpha value is -1.88. The SMILES string of the molecule is O=C(NCc1cccnc1-c1ccsc1)NC1CCCC1. The van der Waals surface area contributed by atoms with E-state index >= 15 is 0 Å². The summed E-state index contributed by atoms with van der Waals surface area (Å²) in [5.41, 5.74) is 3.09. The van der Waals surface area contributed by atoms with Crippen LogP contribution in [0.1, 0.15) is 31.2 Å². The van der Waals surface area contributed by atoms with Gasteiger partial charge in [0.15, 0.2) is 0 Å². The second kappa shape index (κ2) is 6.72. The van der Waals surface area contributed by atoms with Crippen molar-refractivity contribution in [3.63, 3.8) is 0 Å². The Morgan fingerprint density at radius 2 is 2.19 bits per heavy atom. The quantitative estimate of drug-likeness (QED) is 0.907. The highest BCUT2D eigenvalue weighted by Gasteiger charge is 2.17. The van der Waals surface area contributed by atoms with Gasteiger partial charge in [0.05, 0.1) is 5.69 Å². The fraction of sp³-hybridized carbons (Fsp3) is 0.375. The first-order valence-electron chi connectivity index (χ1n) is 7.34. The molecular weight excluding hydrogens is 282 g/mol. The van der Waals surface area contributed by atoms with Crippen LogP contribution in [-0.2, 0) is 6.54 Å². The largest absolute Gasteiger partial charge is 0.335 e. The molecule has 3 rings (SSSR count). The zero-order chi connectivity index (χ0) is 14.5. The number of nitrogens with zero attached hydrogens (tertiary/aromatic N) is 1. The van der Waals surface area contributed by atoms with Gasteiger partial charge in [-0.25, -0.2) is 4.79 Å². The maximum atomic E-state index is 11.9. The maximum Gasteiger partial charge on any atom is 0.315 e. The van der Waals surface area contributed by atoms with Crippen LogP contribution in [0.15, 0.2) is 35.2 Å². The van der Waals surface area contributed by atoms with E-state index in [4.69, 9.17) is 0 Å². The maximum absolute atomic E-state index is 11.9. The standard InChI is InChI=1S/C16H19N3OS/c20-16(19-14-5-1-2-6-14)18-10-12-4-3-8-17-15(12)13-7-9-21-11-13/h3-4,7-9,11,14H,1-2,5-6,10H2,(H2,18,19,20). The number of amides is 2. The molecule has 0 bridgehead atoms. The topological polar surface area (TPSA) is 54.0 Å². The van der Waals surface area contributed by atoms with Crippen LogP contribution in [0.2, 0.25) is 0 Å². The number of thiophene rings is 1. The van der Waals surface area contributed by atoms with E-state index in [1.165, 1.54) is 12.8 Å². The van der Waals surface area contributed by atoms with Crippen molar-refractivity contribution in [3.8, 4) is 11.3 Å². The molecule has 1 aliphatic carbocycles. The fourth-order valence-electron chi connectivity index (χ4n) is 2.72. The Kier molecular flexibility index (Phi) is 4.50. The highest BCUT2D eigenvalue weighted by Crippen LogP contribution is 2.23. The summed E-state index contributed by atoms with van der Waals surface area (Å²) in [6, 6.07) is 6.23. The van der Waals surface area contributed by atoms with Gasteiger partial charge in [-0.15, -0.1) is 0 Å². The second-order valence-electron chi connectivity index (χ2n) is 5.33. The summed E-state index contributed by atoms with van der Waals surface area (Å²) in [6.45, 7) is 0.498. The zero-order valence-electron chi connectivity index (χ0n) is 11.8. The Bertz CT molecular complexity index is 591. The first kappa shape index (κ1) is 14.1. The lowest BCUT2D eigenvalue weighted by Gasteiger charge is -2.14. The molecule has 0 spiro atoms. The summed E-state index contributed by atoms with van der Waals surface area (Å²) in [6.07, 6.45) is 6.42. The van der Waals surface area contributed by atoms with Crippen molar-refractivity contribution in [2.75, 3.05) is 0 Å². The molecular formula is C16H19N3OS. The number of urea groups is 1. The van der Waals surface area contributed by atoms with Gasteiger partial charge >= 0.3 is 6.03 Å². The van der Waals surface area contributed by atoms with Gasteiger partial charge < -0.3 is 10.6 Å². The molecule has 21 heavy (non-hydrogen) atoms. The second-order valence-corrected chi connectivity index (χ2v) is 6.11. The van der Waals surface area contributed by atoms with Gasteiger partial charge in [-0.2, -0.15) is 11.3 Å². The van der Waals surface area contributed by atoms with Crippen molar-refractivity contribution in [1.29, 1.82) is 0 Å². The Morgan fingerprint density at radius 1 is 1.33 bits per heavy atom. The van der Waals surface area contributed by atoms with E-state index in [0.717, 1.165) is 29.7 Å². The molecule has 0 unspecified atom stereocenters. The number of hydrogen-bond donors (Lipinski definition) is 2. The summed E-state index contributed by atoms with van der Waals surface area (Å²) in [7, 11) is 0. The van der Waals surface area contributed by atoms with Crippen LogP contribution in [0.25, 0.3) is 11.3 Å². The van der Waals surface area contributed by atoms with Crippen molar-refractivity contribution in [3.05, 3.63) is 40.7 Å². The molecule has 0 radical (unpaired) electrons. The van der Waals surface area contributed by atoms with Crippen LogP contribution in [0.4, 0.5) is 4.79 Å². The minimum atomic E-state index is -0.0815. The van der Waals surface area contributed by atoms with Crippen LogP contribution < -0.4 is 10.6 Å². The molecule has 2 aromatic rings. The lowest BCUT2D eigenvalue weighted by Crippen LogP contribution is -2.40. The molecule has 4 nitrogen and oxygen atoms in total. The van der Waals surface area contributed by atoms with Gasteiger partial charge in [-0.1, -0.05) is 18.9 Å². The van der Waals surface area contributed by atoms with Gasteiger partial charge in [0, 0.05) is 29.7 Å². The Balaban J connectivity index is 1.61. The third kappa shape index (κ3) is 3.61. The lowest BCUT2D eigenvalue weighted by atomic mass is 10.1. The predicted molar refractivity (Wildman–Crippen MR) is 85.2 cm³/mol. The third-order valence-electron chi connectivity index (χ3n) is 3.82. The molecule has 2 aromatic heterocycles. The van der Waals surface area contributed by atoms with E-state index in [1.54, 1.807) is 17.5 Å². The molecule has 110 valence electrons. The minimum Gasteiger partial charge on any atom is -0.335 e. The molecule has 2 amide bonds. The van der Waals surface area contributed by atoms with Gasteiger partial charge in [0.25, 0.3) is 0 Å². The van der Waals surface area contributed by atoms with Crippen LogP contribution >= 0.6 is 11.3 Å². The first-order chi connectivity index (χ1) is 10.3. The van der Waals surface area contributed by atoms with Crippen LogP contribution in [-0.4, -0.2) is 17.1 Å². The van der Waals surface area contributed by atoms with Crippen LogP contribution in [0.3, 0.4) is 0 Å². The van der Waals surface area contributed by atoms with Gasteiger partial charge in [0.2, 0.25) is 0 Å². The average molecular weight is 301 g/mol. The van der Waals surface area contributed by atoms with Crippen molar-refractivity contribution in [2.24, 2.45) is 0 Å². The monoisotopic (exact) mass is 301 g/mol. The number of nitrogens with one attached hydrogen (secondary N) is 2. The molecule has 2 N–H and O–H groups in total. The fourth-order valence-corrected chi connectivity index (χ4v) is 3.36. The highest BCUT2D eigenvalue weighted by atomic mass is 32.1. The van der Waals surface area contributed by atoms with Gasteiger partial charge in [-0.3, -0.25) is 4.98 Å². The molecule has 1 fully saturated rings. The molecule has 0 saturated heterocycles.